The van der Waals surface area contributed by atoms with Gasteiger partial charge in [0.1, 0.15) is 0 Å². The van der Waals surface area contributed by atoms with Gasteiger partial charge < -0.3 is 19.5 Å². The monoisotopic (exact) mass is 490 g/mol. The lowest BCUT2D eigenvalue weighted by atomic mass is 9.87. The molecule has 8 nitrogen and oxygen atoms in total. The van der Waals surface area contributed by atoms with Crippen molar-refractivity contribution in [2.45, 2.75) is 31.1 Å². The third-order valence-electron chi connectivity index (χ3n) is 6.14. The van der Waals surface area contributed by atoms with Gasteiger partial charge in [-0.25, -0.2) is 8.42 Å². The Labute approximate surface area is 202 Å². The quantitative estimate of drug-likeness (QED) is 0.549. The average molecular weight is 491 g/mol. The number of amides is 1. The molecule has 3 rings (SSSR count). The second kappa shape index (κ2) is 11.1. The summed E-state index contributed by atoms with van der Waals surface area (Å²) in [4.78, 5) is 13.4. The van der Waals surface area contributed by atoms with Gasteiger partial charge in [0.15, 0.2) is 11.5 Å². The number of hydrogen-bond donors (Lipinski definition) is 1. The van der Waals surface area contributed by atoms with E-state index in [1.807, 2.05) is 0 Å². The molecule has 0 bridgehead atoms. The first-order valence-electron chi connectivity index (χ1n) is 11.4. The number of benzene rings is 2. The van der Waals surface area contributed by atoms with Gasteiger partial charge in [0.05, 0.1) is 32.1 Å². The second-order valence-corrected chi connectivity index (χ2v) is 10.7. The lowest BCUT2D eigenvalue weighted by molar-refractivity contribution is -0.124. The zero-order valence-electron chi connectivity index (χ0n) is 20.4. The number of sulfonamides is 1. The van der Waals surface area contributed by atoms with Crippen LogP contribution in [0.2, 0.25) is 0 Å². The van der Waals surface area contributed by atoms with E-state index in [0.717, 1.165) is 12.0 Å². The molecule has 0 aliphatic carbocycles. The number of carbonyl (C=O) groups excluding carboxylic acids is 1. The summed E-state index contributed by atoms with van der Waals surface area (Å²) in [6.07, 6.45) is 0.847. The van der Waals surface area contributed by atoms with Gasteiger partial charge in [0, 0.05) is 25.6 Å². The minimum absolute atomic E-state index is 0.0894. The van der Waals surface area contributed by atoms with E-state index in [-0.39, 0.29) is 29.8 Å². The van der Waals surface area contributed by atoms with Crippen molar-refractivity contribution in [1.29, 1.82) is 0 Å². The molecule has 1 aliphatic heterocycles. The lowest BCUT2D eigenvalue weighted by Gasteiger charge is -2.21. The number of ether oxygens (including phenoxy) is 3. The first kappa shape index (κ1) is 25.8. The molecule has 9 heteroatoms. The van der Waals surface area contributed by atoms with Gasteiger partial charge >= 0.3 is 0 Å². The van der Waals surface area contributed by atoms with Crippen LogP contribution in [0.5, 0.6) is 17.2 Å². The van der Waals surface area contributed by atoms with Crippen molar-refractivity contribution in [2.75, 3.05) is 41.0 Å². The highest BCUT2D eigenvalue weighted by molar-refractivity contribution is 7.89. The maximum atomic E-state index is 13.4. The summed E-state index contributed by atoms with van der Waals surface area (Å²) in [5.41, 5.74) is 0.754. The van der Waals surface area contributed by atoms with Crippen LogP contribution in [0.3, 0.4) is 0 Å². The smallest absolute Gasteiger partial charge is 0.243 e. The topological polar surface area (TPSA) is 94.2 Å². The van der Waals surface area contributed by atoms with E-state index in [1.165, 1.54) is 25.6 Å². The SMILES string of the molecule is COc1cc([C@@H]2CN(S(=O)(=O)c3ccccc3)C[C@@H]2C(=O)NCCC(C)C)cc(OC)c1OC. The molecule has 1 amide bonds. The van der Waals surface area contributed by atoms with Crippen LogP contribution in [-0.4, -0.2) is 59.6 Å². The van der Waals surface area contributed by atoms with E-state index in [1.54, 1.807) is 42.5 Å². The van der Waals surface area contributed by atoms with E-state index in [2.05, 4.69) is 19.2 Å². The van der Waals surface area contributed by atoms with Crippen LogP contribution in [0.15, 0.2) is 47.4 Å². The van der Waals surface area contributed by atoms with Crippen LogP contribution in [0.25, 0.3) is 0 Å². The lowest BCUT2D eigenvalue weighted by Crippen LogP contribution is -2.36. The van der Waals surface area contributed by atoms with Crippen LogP contribution in [-0.2, 0) is 14.8 Å². The maximum Gasteiger partial charge on any atom is 0.243 e. The number of nitrogens with zero attached hydrogens (tertiary/aromatic N) is 1. The Balaban J connectivity index is 1.99. The molecule has 2 atom stereocenters. The summed E-state index contributed by atoms with van der Waals surface area (Å²) in [5.74, 6) is 0.702. The summed E-state index contributed by atoms with van der Waals surface area (Å²) >= 11 is 0. The van der Waals surface area contributed by atoms with Gasteiger partial charge in [0.25, 0.3) is 0 Å². The van der Waals surface area contributed by atoms with Crippen molar-refractivity contribution in [3.8, 4) is 17.2 Å². The van der Waals surface area contributed by atoms with Crippen molar-refractivity contribution in [2.24, 2.45) is 11.8 Å². The molecule has 2 aromatic carbocycles. The Morgan fingerprint density at radius 3 is 2.18 bits per heavy atom. The largest absolute Gasteiger partial charge is 0.493 e. The first-order chi connectivity index (χ1) is 16.2. The van der Waals surface area contributed by atoms with Gasteiger partial charge in [-0.2, -0.15) is 4.31 Å². The number of rotatable bonds is 10. The molecule has 1 fully saturated rings. The molecular weight excluding hydrogens is 456 g/mol. The third-order valence-corrected chi connectivity index (χ3v) is 7.99. The molecule has 0 aromatic heterocycles. The summed E-state index contributed by atoms with van der Waals surface area (Å²) in [5, 5.41) is 3.00. The van der Waals surface area contributed by atoms with Crippen LogP contribution in [0, 0.1) is 11.8 Å². The zero-order valence-corrected chi connectivity index (χ0v) is 21.2. The highest BCUT2D eigenvalue weighted by Crippen LogP contribution is 2.44. The Morgan fingerprint density at radius 1 is 1.03 bits per heavy atom. The first-order valence-corrected chi connectivity index (χ1v) is 12.8. The number of methoxy groups -OCH3 is 3. The van der Waals surface area contributed by atoms with E-state index in [0.29, 0.717) is 29.7 Å². The standard InChI is InChI=1S/C25H34N2O6S/c1-17(2)11-12-26-25(28)21-16-27(34(29,30)19-9-7-6-8-10-19)15-20(21)18-13-22(31-3)24(33-5)23(14-18)32-4/h6-10,13-14,17,20-21H,11-12,15-16H2,1-5H3,(H,26,28)/t20-,21-/m0/s1. The molecule has 1 N–H and O–H groups in total. The molecule has 0 spiro atoms. The summed E-state index contributed by atoms with van der Waals surface area (Å²) in [6.45, 7) is 4.98. The Morgan fingerprint density at radius 2 is 1.65 bits per heavy atom. The van der Waals surface area contributed by atoms with Gasteiger partial charge in [-0.15, -0.1) is 0 Å². The molecule has 0 unspecified atom stereocenters. The van der Waals surface area contributed by atoms with Gasteiger partial charge in [0.2, 0.25) is 21.7 Å². The van der Waals surface area contributed by atoms with Crippen molar-refractivity contribution < 1.29 is 27.4 Å². The van der Waals surface area contributed by atoms with E-state index >= 15 is 0 Å². The molecule has 2 aromatic rings. The van der Waals surface area contributed by atoms with Crippen molar-refractivity contribution >= 4 is 15.9 Å². The fourth-order valence-corrected chi connectivity index (χ4v) is 5.75. The van der Waals surface area contributed by atoms with E-state index in [9.17, 15) is 13.2 Å². The highest BCUT2D eigenvalue weighted by atomic mass is 32.2. The minimum Gasteiger partial charge on any atom is -0.493 e. The van der Waals surface area contributed by atoms with Crippen LogP contribution in [0.1, 0.15) is 31.7 Å². The Bertz CT molecular complexity index is 1060. The van der Waals surface area contributed by atoms with Gasteiger partial charge in [-0.3, -0.25) is 4.79 Å². The normalized spacial score (nSPS) is 18.6. The molecular formula is C25H34N2O6S. The second-order valence-electron chi connectivity index (χ2n) is 8.78. The van der Waals surface area contributed by atoms with Crippen LogP contribution in [0.4, 0.5) is 0 Å². The van der Waals surface area contributed by atoms with Crippen LogP contribution < -0.4 is 19.5 Å². The Kier molecular flexibility index (Phi) is 8.43. The summed E-state index contributed by atoms with van der Waals surface area (Å²) < 4.78 is 44.5. The minimum atomic E-state index is -3.76. The van der Waals surface area contributed by atoms with Crippen molar-refractivity contribution in [3.05, 3.63) is 48.0 Å². The van der Waals surface area contributed by atoms with Crippen LogP contribution >= 0.6 is 0 Å². The molecule has 186 valence electrons. The van der Waals surface area contributed by atoms with E-state index in [4.69, 9.17) is 14.2 Å². The fourth-order valence-electron chi connectivity index (χ4n) is 4.24. The molecule has 1 aliphatic rings. The highest BCUT2D eigenvalue weighted by Gasteiger charge is 2.44. The van der Waals surface area contributed by atoms with Crippen molar-refractivity contribution in [3.63, 3.8) is 0 Å². The molecule has 1 saturated heterocycles. The average Bonchev–Trinajstić information content (AvgIpc) is 3.30. The number of carbonyl (C=O) groups is 1. The van der Waals surface area contributed by atoms with Gasteiger partial charge in [-0.1, -0.05) is 32.0 Å². The molecule has 34 heavy (non-hydrogen) atoms. The predicted molar refractivity (Wildman–Crippen MR) is 130 cm³/mol. The molecule has 0 radical (unpaired) electrons. The van der Waals surface area contributed by atoms with E-state index < -0.39 is 15.9 Å². The Hall–Kier alpha value is -2.78. The maximum absolute atomic E-state index is 13.4. The molecule has 0 saturated carbocycles. The fraction of sp³-hybridized carbons (Fsp3) is 0.480. The van der Waals surface area contributed by atoms with Crippen molar-refractivity contribution in [1.82, 2.24) is 9.62 Å². The third kappa shape index (κ3) is 5.47. The number of nitrogens with one attached hydrogen (secondary N) is 1. The summed E-state index contributed by atoms with van der Waals surface area (Å²) in [7, 11) is 0.816. The molecule has 1 heterocycles. The zero-order chi connectivity index (χ0) is 24.9. The van der Waals surface area contributed by atoms with Gasteiger partial charge in [-0.05, 0) is 42.2 Å². The summed E-state index contributed by atoms with van der Waals surface area (Å²) in [6, 6.07) is 11.9. The number of hydrogen-bond acceptors (Lipinski definition) is 6. The predicted octanol–water partition coefficient (Wildman–Crippen LogP) is 3.28.